The Labute approximate surface area is 163 Å². The highest BCUT2D eigenvalue weighted by atomic mass is 79.9. The van der Waals surface area contributed by atoms with Crippen LogP contribution in [0.1, 0.15) is 30.6 Å². The van der Waals surface area contributed by atoms with E-state index in [0.29, 0.717) is 23.9 Å². The minimum absolute atomic E-state index is 0.0644. The Kier molecular flexibility index (Phi) is 6.36. The molecule has 9 heteroatoms. The Morgan fingerprint density at radius 3 is 2.85 bits per heavy atom. The third-order valence-corrected chi connectivity index (χ3v) is 5.24. The predicted molar refractivity (Wildman–Crippen MR) is 103 cm³/mol. The van der Waals surface area contributed by atoms with Gasteiger partial charge in [0.15, 0.2) is 5.13 Å². The zero-order chi connectivity index (χ0) is 18.5. The van der Waals surface area contributed by atoms with Crippen molar-refractivity contribution < 1.29 is 14.3 Å². The van der Waals surface area contributed by atoms with Gasteiger partial charge in [0.25, 0.3) is 0 Å². The van der Waals surface area contributed by atoms with Gasteiger partial charge in [-0.25, -0.2) is 15.8 Å². The molecule has 26 heavy (non-hydrogen) atoms. The molecule has 0 aliphatic carbocycles. The van der Waals surface area contributed by atoms with Gasteiger partial charge >= 0.3 is 5.97 Å². The highest BCUT2D eigenvalue weighted by Crippen LogP contribution is 2.25. The summed E-state index contributed by atoms with van der Waals surface area (Å²) in [7, 11) is 0. The predicted octanol–water partition coefficient (Wildman–Crippen LogP) is 2.56. The number of rotatable bonds is 6. The van der Waals surface area contributed by atoms with Gasteiger partial charge < -0.3 is 10.1 Å². The quantitative estimate of drug-likeness (QED) is 0.600. The number of carbonyl (C=O) groups excluding carboxylic acids is 2. The van der Waals surface area contributed by atoms with Gasteiger partial charge in [-0.05, 0) is 31.0 Å². The van der Waals surface area contributed by atoms with E-state index in [1.807, 2.05) is 24.3 Å². The average Bonchev–Trinajstić information content (AvgIpc) is 3.25. The van der Waals surface area contributed by atoms with Crippen LogP contribution in [0.25, 0.3) is 0 Å². The molecule has 3 rings (SSSR count). The molecule has 0 radical (unpaired) electrons. The fraction of sp³-hybridized carbons (Fsp3) is 0.353. The second kappa shape index (κ2) is 8.72. The number of hydrogen-bond donors (Lipinski definition) is 3. The highest BCUT2D eigenvalue weighted by molar-refractivity contribution is 9.10. The van der Waals surface area contributed by atoms with Crippen molar-refractivity contribution in [3.05, 3.63) is 45.4 Å². The number of halogens is 1. The minimum Gasteiger partial charge on any atom is -0.466 e. The molecule has 1 aliphatic rings. The molecule has 2 aromatic rings. The van der Waals surface area contributed by atoms with Crippen LogP contribution in [0.5, 0.6) is 0 Å². The van der Waals surface area contributed by atoms with Crippen LogP contribution in [-0.2, 0) is 20.7 Å². The fourth-order valence-corrected chi connectivity index (χ4v) is 3.62. The first-order valence-electron chi connectivity index (χ1n) is 8.22. The van der Waals surface area contributed by atoms with E-state index in [1.165, 1.54) is 11.3 Å². The lowest BCUT2D eigenvalue weighted by Crippen LogP contribution is -2.39. The average molecular weight is 439 g/mol. The van der Waals surface area contributed by atoms with Crippen molar-refractivity contribution in [1.29, 1.82) is 0 Å². The number of hydrogen-bond acceptors (Lipinski definition) is 7. The molecule has 2 unspecified atom stereocenters. The van der Waals surface area contributed by atoms with Gasteiger partial charge in [-0.3, -0.25) is 9.59 Å². The second-order valence-corrected chi connectivity index (χ2v) is 7.57. The molecule has 0 spiro atoms. The Morgan fingerprint density at radius 1 is 1.35 bits per heavy atom. The number of nitrogens with zero attached hydrogens (tertiary/aromatic N) is 1. The van der Waals surface area contributed by atoms with Crippen molar-refractivity contribution in [2.45, 2.75) is 31.8 Å². The van der Waals surface area contributed by atoms with Crippen molar-refractivity contribution in [2.24, 2.45) is 0 Å². The number of hydrazine groups is 1. The normalized spacial score (nSPS) is 19.3. The molecule has 1 aliphatic heterocycles. The Hall–Kier alpha value is -1.81. The largest absolute Gasteiger partial charge is 0.466 e. The second-order valence-electron chi connectivity index (χ2n) is 5.80. The lowest BCUT2D eigenvalue weighted by atomic mass is 10.0. The molecule has 0 bridgehead atoms. The molecule has 1 fully saturated rings. The van der Waals surface area contributed by atoms with Crippen LogP contribution in [0.15, 0.2) is 34.1 Å². The van der Waals surface area contributed by atoms with Crippen molar-refractivity contribution >= 4 is 44.3 Å². The number of ether oxygens (including phenoxy) is 1. The third-order valence-electron chi connectivity index (χ3n) is 3.90. The number of amides is 1. The number of carbonyl (C=O) groups is 2. The first-order chi connectivity index (χ1) is 12.5. The van der Waals surface area contributed by atoms with Crippen LogP contribution in [0.3, 0.4) is 0 Å². The first-order valence-corrected chi connectivity index (χ1v) is 9.90. The maximum absolute atomic E-state index is 12.4. The monoisotopic (exact) mass is 438 g/mol. The lowest BCUT2D eigenvalue weighted by molar-refractivity contribution is -0.142. The lowest BCUT2D eigenvalue weighted by Gasteiger charge is -2.09. The van der Waals surface area contributed by atoms with Gasteiger partial charge in [-0.2, -0.15) is 0 Å². The van der Waals surface area contributed by atoms with E-state index in [9.17, 15) is 9.59 Å². The van der Waals surface area contributed by atoms with Crippen LogP contribution in [0.2, 0.25) is 0 Å². The van der Waals surface area contributed by atoms with Gasteiger partial charge in [-0.15, -0.1) is 11.3 Å². The van der Waals surface area contributed by atoms with E-state index in [2.05, 4.69) is 37.1 Å². The molecule has 138 valence electrons. The van der Waals surface area contributed by atoms with Gasteiger partial charge in [0, 0.05) is 15.9 Å². The summed E-state index contributed by atoms with van der Waals surface area (Å²) in [5.41, 5.74) is 7.88. The zero-order valence-corrected chi connectivity index (χ0v) is 16.5. The van der Waals surface area contributed by atoms with Crippen molar-refractivity contribution in [3.8, 4) is 0 Å². The number of aromatic nitrogens is 1. The molecule has 1 amide bonds. The summed E-state index contributed by atoms with van der Waals surface area (Å²) in [6.45, 7) is 2.10. The van der Waals surface area contributed by atoms with Crippen LogP contribution in [0, 0.1) is 0 Å². The van der Waals surface area contributed by atoms with E-state index < -0.39 is 0 Å². The molecule has 2 atom stereocenters. The summed E-state index contributed by atoms with van der Waals surface area (Å²) in [6.07, 6.45) is 0.740. The van der Waals surface area contributed by atoms with Gasteiger partial charge in [0.1, 0.15) is 6.04 Å². The first kappa shape index (κ1) is 19.0. The molecular weight excluding hydrogens is 420 g/mol. The molecular formula is C17H19BrN4O3S. The molecule has 2 heterocycles. The summed E-state index contributed by atoms with van der Waals surface area (Å²) in [5, 5.41) is 5.02. The van der Waals surface area contributed by atoms with Crippen LogP contribution >= 0.6 is 27.3 Å². The number of nitrogens with one attached hydrogen (secondary N) is 3. The Balaban J connectivity index is 1.53. The van der Waals surface area contributed by atoms with Crippen LogP contribution < -0.4 is 16.2 Å². The molecule has 7 nitrogen and oxygen atoms in total. The smallest absolute Gasteiger partial charge is 0.311 e. The van der Waals surface area contributed by atoms with Gasteiger partial charge in [-0.1, -0.05) is 28.1 Å². The van der Waals surface area contributed by atoms with Crippen LogP contribution in [0.4, 0.5) is 5.13 Å². The maximum Gasteiger partial charge on any atom is 0.311 e. The van der Waals surface area contributed by atoms with Gasteiger partial charge in [0.05, 0.1) is 18.7 Å². The van der Waals surface area contributed by atoms with Crippen molar-refractivity contribution in [2.75, 3.05) is 11.9 Å². The van der Waals surface area contributed by atoms with Crippen molar-refractivity contribution in [1.82, 2.24) is 15.8 Å². The van der Waals surface area contributed by atoms with E-state index in [4.69, 9.17) is 4.74 Å². The summed E-state index contributed by atoms with van der Waals surface area (Å²) in [5.74, 6) is -0.483. The van der Waals surface area contributed by atoms with E-state index in [0.717, 1.165) is 10.0 Å². The highest BCUT2D eigenvalue weighted by Gasteiger charge is 2.30. The maximum atomic E-state index is 12.4. The summed E-state index contributed by atoms with van der Waals surface area (Å²) in [6, 6.07) is 7.70. The summed E-state index contributed by atoms with van der Waals surface area (Å²) in [4.78, 5) is 28.2. The molecule has 1 aromatic heterocycles. The molecule has 1 aromatic carbocycles. The van der Waals surface area contributed by atoms with E-state index in [-0.39, 0.29) is 30.4 Å². The molecule has 3 N–H and O–H groups in total. The molecule has 1 saturated heterocycles. The standard InChI is InChI=1S/C17H19BrN4O3S/c1-2-25-15(23)7-12-9-26-17(19-12)20-16(24)14-8-13(21-22-14)10-3-5-11(18)6-4-10/h3-6,9,13-14,21-22H,2,7-8H2,1H3,(H,19,20,24). The van der Waals surface area contributed by atoms with E-state index >= 15 is 0 Å². The number of anilines is 1. The minimum atomic E-state index is -0.360. The topological polar surface area (TPSA) is 92.3 Å². The van der Waals surface area contributed by atoms with E-state index in [1.54, 1.807) is 12.3 Å². The van der Waals surface area contributed by atoms with Crippen LogP contribution in [-0.4, -0.2) is 29.5 Å². The summed E-state index contributed by atoms with van der Waals surface area (Å²) >= 11 is 4.71. The Bertz CT molecular complexity index is 781. The van der Waals surface area contributed by atoms with Gasteiger partial charge in [0.2, 0.25) is 5.91 Å². The number of esters is 1. The third kappa shape index (κ3) is 4.88. The number of benzene rings is 1. The Morgan fingerprint density at radius 2 is 2.12 bits per heavy atom. The zero-order valence-electron chi connectivity index (χ0n) is 14.1. The fourth-order valence-electron chi connectivity index (χ4n) is 2.64. The number of thiazole rings is 1. The SMILES string of the molecule is CCOC(=O)Cc1csc(NC(=O)C2CC(c3ccc(Br)cc3)NN2)n1. The summed E-state index contributed by atoms with van der Waals surface area (Å²) < 4.78 is 5.91. The molecule has 0 saturated carbocycles. The van der Waals surface area contributed by atoms with Crippen molar-refractivity contribution in [3.63, 3.8) is 0 Å².